The number of nitrogens with zero attached hydrogens (tertiary/aromatic N) is 2. The van der Waals surface area contributed by atoms with Crippen molar-refractivity contribution in [1.82, 2.24) is 9.97 Å². The summed E-state index contributed by atoms with van der Waals surface area (Å²) in [7, 11) is 0. The Morgan fingerprint density at radius 3 is 3.07 bits per heavy atom. The van der Waals surface area contributed by atoms with Crippen LogP contribution in [0.3, 0.4) is 0 Å². The minimum atomic E-state index is 0.101. The molecule has 0 aliphatic carbocycles. The lowest BCUT2D eigenvalue weighted by atomic mass is 10.3. The number of rotatable bonds is 2. The first kappa shape index (κ1) is 9.21. The Morgan fingerprint density at radius 1 is 1.57 bits per heavy atom. The molecule has 2 rings (SSSR count). The van der Waals surface area contributed by atoms with Crippen LogP contribution >= 0.6 is 0 Å². The minimum Gasteiger partial charge on any atom is -0.472 e. The van der Waals surface area contributed by atoms with Crippen LogP contribution in [-0.2, 0) is 4.74 Å². The quantitative estimate of drug-likeness (QED) is 0.745. The van der Waals surface area contributed by atoms with Crippen LogP contribution in [0, 0.1) is 6.92 Å². The van der Waals surface area contributed by atoms with E-state index in [0.717, 1.165) is 18.7 Å². The van der Waals surface area contributed by atoms with Crippen molar-refractivity contribution in [3.05, 3.63) is 11.8 Å². The largest absolute Gasteiger partial charge is 0.472 e. The first-order chi connectivity index (χ1) is 6.74. The highest BCUT2D eigenvalue weighted by Crippen LogP contribution is 2.15. The second-order valence-corrected chi connectivity index (χ2v) is 3.31. The molecule has 1 aromatic rings. The normalized spacial score (nSPS) is 21.1. The lowest BCUT2D eigenvalue weighted by Gasteiger charge is -2.10. The molecule has 0 bridgehead atoms. The van der Waals surface area contributed by atoms with E-state index in [0.29, 0.717) is 12.5 Å². The molecule has 5 nitrogen and oxygen atoms in total. The van der Waals surface area contributed by atoms with Crippen LogP contribution in [0.2, 0.25) is 0 Å². The van der Waals surface area contributed by atoms with Gasteiger partial charge in [-0.25, -0.2) is 4.98 Å². The molecule has 2 N–H and O–H groups in total. The van der Waals surface area contributed by atoms with Crippen LogP contribution in [0.5, 0.6) is 5.88 Å². The molecule has 1 fully saturated rings. The fraction of sp³-hybridized carbons (Fsp3) is 0.556. The van der Waals surface area contributed by atoms with E-state index in [1.54, 1.807) is 6.07 Å². The highest BCUT2D eigenvalue weighted by Gasteiger charge is 2.17. The van der Waals surface area contributed by atoms with Crippen LogP contribution in [0.25, 0.3) is 0 Å². The van der Waals surface area contributed by atoms with Crippen molar-refractivity contribution in [3.8, 4) is 5.88 Å². The number of ether oxygens (including phenoxy) is 2. The third-order valence-corrected chi connectivity index (χ3v) is 2.02. The predicted octanol–water partition coefficient (Wildman–Crippen LogP) is 0.535. The molecule has 0 radical (unpaired) electrons. The summed E-state index contributed by atoms with van der Waals surface area (Å²) in [5.41, 5.74) is 6.31. The molecule has 0 aromatic carbocycles. The first-order valence-electron chi connectivity index (χ1n) is 4.59. The Balaban J connectivity index is 2.07. The highest BCUT2D eigenvalue weighted by molar-refractivity contribution is 5.25. The highest BCUT2D eigenvalue weighted by atomic mass is 16.5. The van der Waals surface area contributed by atoms with E-state index in [2.05, 4.69) is 9.97 Å². The summed E-state index contributed by atoms with van der Waals surface area (Å²) in [6.07, 6.45) is 1.01. The zero-order valence-corrected chi connectivity index (χ0v) is 8.06. The van der Waals surface area contributed by atoms with Gasteiger partial charge in [0.05, 0.1) is 13.2 Å². The summed E-state index contributed by atoms with van der Waals surface area (Å²) in [5, 5.41) is 0. The van der Waals surface area contributed by atoms with Gasteiger partial charge in [0.25, 0.3) is 0 Å². The Hall–Kier alpha value is -1.36. The molecule has 1 atom stereocenters. The van der Waals surface area contributed by atoms with Gasteiger partial charge in [0.1, 0.15) is 6.10 Å². The molecule has 14 heavy (non-hydrogen) atoms. The molecule has 5 heteroatoms. The molecule has 1 aliphatic rings. The van der Waals surface area contributed by atoms with Crippen LogP contribution in [0.1, 0.15) is 12.1 Å². The predicted molar refractivity (Wildman–Crippen MR) is 51.0 cm³/mol. The lowest BCUT2D eigenvalue weighted by molar-refractivity contribution is 0.138. The van der Waals surface area contributed by atoms with Gasteiger partial charge in [-0.05, 0) is 6.92 Å². The lowest BCUT2D eigenvalue weighted by Crippen LogP contribution is -2.17. The third kappa shape index (κ3) is 2.11. The van der Waals surface area contributed by atoms with Crippen molar-refractivity contribution < 1.29 is 9.47 Å². The number of hydrogen-bond donors (Lipinski definition) is 1. The number of anilines is 1. The Labute approximate surface area is 82.3 Å². The van der Waals surface area contributed by atoms with Crippen molar-refractivity contribution >= 4 is 5.95 Å². The van der Waals surface area contributed by atoms with Crippen molar-refractivity contribution in [1.29, 1.82) is 0 Å². The molecule has 1 unspecified atom stereocenters. The standard InChI is InChI=1S/C9H13N3O2/c1-6-4-8(12-9(10)11-6)14-7-2-3-13-5-7/h4,7H,2-3,5H2,1H3,(H2,10,11,12). The molecule has 0 saturated carbocycles. The summed E-state index contributed by atoms with van der Waals surface area (Å²) in [5.74, 6) is 0.782. The maximum atomic E-state index is 5.58. The summed E-state index contributed by atoms with van der Waals surface area (Å²) in [4.78, 5) is 7.95. The first-order valence-corrected chi connectivity index (χ1v) is 4.59. The van der Waals surface area contributed by atoms with Gasteiger partial charge in [-0.1, -0.05) is 0 Å². The van der Waals surface area contributed by atoms with Crippen LogP contribution < -0.4 is 10.5 Å². The van der Waals surface area contributed by atoms with E-state index in [1.807, 2.05) is 6.92 Å². The van der Waals surface area contributed by atoms with Crippen molar-refractivity contribution in [3.63, 3.8) is 0 Å². The maximum absolute atomic E-state index is 5.58. The fourth-order valence-corrected chi connectivity index (χ4v) is 1.40. The SMILES string of the molecule is Cc1cc(OC2CCOC2)nc(N)n1. The fourth-order valence-electron chi connectivity index (χ4n) is 1.40. The maximum Gasteiger partial charge on any atom is 0.223 e. The van der Waals surface area contributed by atoms with Gasteiger partial charge < -0.3 is 15.2 Å². The number of nitrogen functional groups attached to an aromatic ring is 1. The molecule has 1 aromatic heterocycles. The van der Waals surface area contributed by atoms with Gasteiger partial charge in [0.2, 0.25) is 11.8 Å². The van der Waals surface area contributed by atoms with Gasteiger partial charge in [-0.2, -0.15) is 4.98 Å². The van der Waals surface area contributed by atoms with E-state index < -0.39 is 0 Å². The third-order valence-electron chi connectivity index (χ3n) is 2.02. The smallest absolute Gasteiger partial charge is 0.223 e. The topological polar surface area (TPSA) is 70.3 Å². The molecule has 0 amide bonds. The number of aryl methyl sites for hydroxylation is 1. The number of nitrogens with two attached hydrogens (primary N) is 1. The monoisotopic (exact) mass is 195 g/mol. The number of hydrogen-bond acceptors (Lipinski definition) is 5. The second kappa shape index (κ2) is 3.79. The van der Waals surface area contributed by atoms with Gasteiger partial charge in [0.15, 0.2) is 0 Å². The Morgan fingerprint density at radius 2 is 2.43 bits per heavy atom. The van der Waals surface area contributed by atoms with E-state index in [4.69, 9.17) is 15.2 Å². The summed E-state index contributed by atoms with van der Waals surface area (Å²) < 4.78 is 10.8. The molecular weight excluding hydrogens is 182 g/mol. The van der Waals surface area contributed by atoms with Crippen molar-refractivity contribution in [2.75, 3.05) is 18.9 Å². The van der Waals surface area contributed by atoms with E-state index >= 15 is 0 Å². The van der Waals surface area contributed by atoms with Gasteiger partial charge >= 0.3 is 0 Å². The van der Waals surface area contributed by atoms with Gasteiger partial charge in [-0.3, -0.25) is 0 Å². The zero-order valence-electron chi connectivity index (χ0n) is 8.06. The molecule has 1 aliphatic heterocycles. The van der Waals surface area contributed by atoms with Gasteiger partial charge in [-0.15, -0.1) is 0 Å². The molecule has 0 spiro atoms. The van der Waals surface area contributed by atoms with Crippen LogP contribution in [0.4, 0.5) is 5.95 Å². The van der Waals surface area contributed by atoms with Crippen LogP contribution in [-0.4, -0.2) is 29.3 Å². The van der Waals surface area contributed by atoms with Crippen LogP contribution in [0.15, 0.2) is 6.07 Å². The second-order valence-electron chi connectivity index (χ2n) is 3.31. The average molecular weight is 195 g/mol. The molecule has 1 saturated heterocycles. The average Bonchev–Trinajstić information content (AvgIpc) is 2.54. The molecule has 76 valence electrons. The minimum absolute atomic E-state index is 0.101. The summed E-state index contributed by atoms with van der Waals surface area (Å²) in [6, 6.07) is 1.77. The summed E-state index contributed by atoms with van der Waals surface area (Å²) >= 11 is 0. The molecule has 2 heterocycles. The zero-order chi connectivity index (χ0) is 9.97. The van der Waals surface area contributed by atoms with E-state index in [1.165, 1.54) is 0 Å². The van der Waals surface area contributed by atoms with E-state index in [-0.39, 0.29) is 12.1 Å². The summed E-state index contributed by atoms with van der Waals surface area (Å²) in [6.45, 7) is 3.24. The number of aromatic nitrogens is 2. The Kier molecular flexibility index (Phi) is 2.49. The van der Waals surface area contributed by atoms with Gasteiger partial charge in [0, 0.05) is 18.2 Å². The van der Waals surface area contributed by atoms with Crippen molar-refractivity contribution in [2.45, 2.75) is 19.4 Å². The Bertz CT molecular complexity index is 304. The van der Waals surface area contributed by atoms with Crippen molar-refractivity contribution in [2.24, 2.45) is 0 Å². The molecular formula is C9H13N3O2. The van der Waals surface area contributed by atoms with E-state index in [9.17, 15) is 0 Å².